The second kappa shape index (κ2) is 5.44. The van der Waals surface area contributed by atoms with Gasteiger partial charge in [0.1, 0.15) is 5.82 Å². The maximum atomic E-state index is 4.40. The van der Waals surface area contributed by atoms with Crippen LogP contribution in [0.3, 0.4) is 0 Å². The minimum Gasteiger partial charge on any atom is -0.363 e. The van der Waals surface area contributed by atoms with E-state index >= 15 is 0 Å². The van der Waals surface area contributed by atoms with Crippen molar-refractivity contribution in [3.05, 3.63) is 41.9 Å². The van der Waals surface area contributed by atoms with Crippen molar-refractivity contribution in [2.24, 2.45) is 0 Å². The summed E-state index contributed by atoms with van der Waals surface area (Å²) in [4.78, 5) is 12.7. The zero-order valence-electron chi connectivity index (χ0n) is 10.8. The van der Waals surface area contributed by atoms with Gasteiger partial charge < -0.3 is 10.6 Å². The van der Waals surface area contributed by atoms with Crippen LogP contribution in [0.5, 0.6) is 0 Å². The van der Waals surface area contributed by atoms with Crippen molar-refractivity contribution < 1.29 is 0 Å². The summed E-state index contributed by atoms with van der Waals surface area (Å²) in [5.74, 6) is 1.45. The quantitative estimate of drug-likeness (QED) is 0.863. The normalized spacial score (nSPS) is 11.9. The number of aryl methyl sites for hydroxylation is 1. The Bertz CT molecular complexity index is 512. The van der Waals surface area contributed by atoms with E-state index < -0.39 is 0 Å². The molecule has 0 amide bonds. The summed E-state index contributed by atoms with van der Waals surface area (Å²) in [6, 6.07) is 4.12. The van der Waals surface area contributed by atoms with Crippen molar-refractivity contribution in [2.45, 2.75) is 19.9 Å². The van der Waals surface area contributed by atoms with Gasteiger partial charge in [-0.2, -0.15) is 4.98 Å². The molecule has 0 aliphatic carbocycles. The second-order valence-electron chi connectivity index (χ2n) is 4.13. The molecule has 0 aromatic carbocycles. The van der Waals surface area contributed by atoms with E-state index in [0.29, 0.717) is 5.95 Å². The van der Waals surface area contributed by atoms with Crippen molar-refractivity contribution in [2.75, 3.05) is 17.7 Å². The minimum atomic E-state index is 0.150. The first-order chi connectivity index (χ1) is 8.70. The van der Waals surface area contributed by atoms with Crippen LogP contribution in [-0.4, -0.2) is 22.0 Å². The van der Waals surface area contributed by atoms with Crippen LogP contribution in [0.25, 0.3) is 0 Å². The monoisotopic (exact) mass is 243 g/mol. The van der Waals surface area contributed by atoms with Crippen LogP contribution >= 0.6 is 0 Å². The van der Waals surface area contributed by atoms with Crippen molar-refractivity contribution in [1.29, 1.82) is 0 Å². The van der Waals surface area contributed by atoms with Gasteiger partial charge in [-0.25, -0.2) is 4.98 Å². The Labute approximate surface area is 107 Å². The molecule has 2 aromatic heterocycles. The number of nitrogens with zero attached hydrogens (tertiary/aromatic N) is 3. The number of anilines is 2. The van der Waals surface area contributed by atoms with Crippen molar-refractivity contribution in [1.82, 2.24) is 15.0 Å². The molecule has 0 fully saturated rings. The fourth-order valence-electron chi connectivity index (χ4n) is 1.63. The largest absolute Gasteiger partial charge is 0.363 e. The van der Waals surface area contributed by atoms with Crippen LogP contribution in [0, 0.1) is 6.92 Å². The van der Waals surface area contributed by atoms with Crippen LogP contribution in [0.2, 0.25) is 0 Å². The summed E-state index contributed by atoms with van der Waals surface area (Å²) >= 11 is 0. The van der Waals surface area contributed by atoms with E-state index in [2.05, 4.69) is 32.5 Å². The van der Waals surface area contributed by atoms with Gasteiger partial charge in [0.25, 0.3) is 0 Å². The van der Waals surface area contributed by atoms with E-state index in [4.69, 9.17) is 0 Å². The zero-order valence-corrected chi connectivity index (χ0v) is 10.8. The highest BCUT2D eigenvalue weighted by Crippen LogP contribution is 2.20. The molecule has 0 aliphatic heterocycles. The molecule has 0 saturated carbocycles. The molecule has 2 N–H and O–H groups in total. The highest BCUT2D eigenvalue weighted by molar-refractivity contribution is 5.47. The molecule has 0 bridgehead atoms. The Balaban J connectivity index is 2.18. The molecule has 2 heterocycles. The number of pyridine rings is 1. The standard InChI is InChI=1S/C13H17N5/c1-9-7-16-13(14-3)18-12(9)17-10(2)11-5-4-6-15-8-11/h4-8,10H,1-3H3,(H2,14,16,17,18). The van der Waals surface area contributed by atoms with Gasteiger partial charge in [-0.15, -0.1) is 0 Å². The first-order valence-electron chi connectivity index (χ1n) is 5.88. The van der Waals surface area contributed by atoms with E-state index in [0.717, 1.165) is 16.9 Å². The molecule has 0 radical (unpaired) electrons. The van der Waals surface area contributed by atoms with Gasteiger partial charge in [0.2, 0.25) is 5.95 Å². The van der Waals surface area contributed by atoms with Crippen LogP contribution < -0.4 is 10.6 Å². The molecule has 5 heteroatoms. The average molecular weight is 243 g/mol. The lowest BCUT2D eigenvalue weighted by molar-refractivity contribution is 0.861. The minimum absolute atomic E-state index is 0.150. The molecule has 18 heavy (non-hydrogen) atoms. The average Bonchev–Trinajstić information content (AvgIpc) is 2.42. The predicted molar refractivity (Wildman–Crippen MR) is 72.6 cm³/mol. The summed E-state index contributed by atoms with van der Waals surface area (Å²) in [5.41, 5.74) is 2.14. The molecule has 1 atom stereocenters. The maximum absolute atomic E-state index is 4.40. The molecule has 2 rings (SSSR count). The van der Waals surface area contributed by atoms with E-state index in [-0.39, 0.29) is 6.04 Å². The van der Waals surface area contributed by atoms with Crippen LogP contribution in [-0.2, 0) is 0 Å². The lowest BCUT2D eigenvalue weighted by atomic mass is 10.1. The third-order valence-corrected chi connectivity index (χ3v) is 2.73. The lowest BCUT2D eigenvalue weighted by Gasteiger charge is -2.16. The van der Waals surface area contributed by atoms with Crippen molar-refractivity contribution in [3.8, 4) is 0 Å². The number of hydrogen-bond donors (Lipinski definition) is 2. The van der Waals surface area contributed by atoms with Gasteiger partial charge in [0.15, 0.2) is 0 Å². The number of hydrogen-bond acceptors (Lipinski definition) is 5. The molecule has 1 unspecified atom stereocenters. The van der Waals surface area contributed by atoms with E-state index in [1.807, 2.05) is 25.3 Å². The van der Waals surface area contributed by atoms with Gasteiger partial charge in [0.05, 0.1) is 6.04 Å². The molecular weight excluding hydrogens is 226 g/mol. The van der Waals surface area contributed by atoms with E-state index in [1.165, 1.54) is 0 Å². The first kappa shape index (κ1) is 12.3. The van der Waals surface area contributed by atoms with Crippen molar-refractivity contribution in [3.63, 3.8) is 0 Å². The highest BCUT2D eigenvalue weighted by Gasteiger charge is 2.09. The summed E-state index contributed by atoms with van der Waals surface area (Å²) in [6.45, 7) is 4.06. The topological polar surface area (TPSA) is 62.7 Å². The van der Waals surface area contributed by atoms with Crippen molar-refractivity contribution >= 4 is 11.8 Å². The smallest absolute Gasteiger partial charge is 0.224 e. The number of aromatic nitrogens is 3. The Morgan fingerprint density at radius 3 is 2.78 bits per heavy atom. The fourth-order valence-corrected chi connectivity index (χ4v) is 1.63. The van der Waals surface area contributed by atoms with Crippen LogP contribution in [0.15, 0.2) is 30.7 Å². The van der Waals surface area contributed by atoms with E-state index in [9.17, 15) is 0 Å². The third-order valence-electron chi connectivity index (χ3n) is 2.73. The van der Waals surface area contributed by atoms with Crippen LogP contribution in [0.1, 0.15) is 24.1 Å². The molecular formula is C13H17N5. The predicted octanol–water partition coefficient (Wildman–Crippen LogP) is 2.39. The first-order valence-corrected chi connectivity index (χ1v) is 5.88. The molecule has 94 valence electrons. The van der Waals surface area contributed by atoms with Gasteiger partial charge in [-0.05, 0) is 25.5 Å². The SMILES string of the molecule is CNc1ncc(C)c(NC(C)c2cccnc2)n1. The number of nitrogens with one attached hydrogen (secondary N) is 2. The van der Waals surface area contributed by atoms with E-state index in [1.54, 1.807) is 19.4 Å². The fraction of sp³-hybridized carbons (Fsp3) is 0.308. The van der Waals surface area contributed by atoms with Gasteiger partial charge in [-0.1, -0.05) is 6.07 Å². The molecule has 5 nitrogen and oxygen atoms in total. The maximum Gasteiger partial charge on any atom is 0.224 e. The molecule has 0 spiro atoms. The molecule has 2 aromatic rings. The zero-order chi connectivity index (χ0) is 13.0. The summed E-state index contributed by atoms with van der Waals surface area (Å²) in [7, 11) is 1.80. The summed E-state index contributed by atoms with van der Waals surface area (Å²) in [5, 5.41) is 6.30. The Morgan fingerprint density at radius 1 is 1.28 bits per heavy atom. The van der Waals surface area contributed by atoms with Crippen LogP contribution in [0.4, 0.5) is 11.8 Å². The lowest BCUT2D eigenvalue weighted by Crippen LogP contribution is -2.10. The highest BCUT2D eigenvalue weighted by atomic mass is 15.1. The summed E-state index contributed by atoms with van der Waals surface area (Å²) < 4.78 is 0. The molecule has 0 aliphatic rings. The van der Waals surface area contributed by atoms with Gasteiger partial charge in [0, 0.05) is 31.2 Å². The molecule has 0 saturated heterocycles. The third kappa shape index (κ3) is 2.74. The summed E-state index contributed by atoms with van der Waals surface area (Å²) in [6.07, 6.45) is 5.43. The Morgan fingerprint density at radius 2 is 2.11 bits per heavy atom. The second-order valence-corrected chi connectivity index (χ2v) is 4.13. The van der Waals surface area contributed by atoms with Gasteiger partial charge in [-0.3, -0.25) is 4.98 Å². The Hall–Kier alpha value is -2.17. The van der Waals surface area contributed by atoms with Gasteiger partial charge >= 0.3 is 0 Å². The Kier molecular flexibility index (Phi) is 3.72. The number of rotatable bonds is 4.